The highest BCUT2D eigenvalue weighted by molar-refractivity contribution is 5.11. The first-order valence-corrected chi connectivity index (χ1v) is 4.27. The van der Waals surface area contributed by atoms with Crippen molar-refractivity contribution in [1.82, 2.24) is 9.99 Å². The molecule has 1 aromatic heterocycles. The molecule has 1 atom stereocenters. The number of hydrogen-bond donors (Lipinski definition) is 1. The minimum Gasteiger partial charge on any atom is -0.269 e. The monoisotopic (exact) mass is 163 g/mol. The largest absolute Gasteiger partial charge is 0.269 e. The number of hydrazine groups is 1. The van der Waals surface area contributed by atoms with Crippen LogP contribution in [0.4, 0.5) is 0 Å². The lowest BCUT2D eigenvalue weighted by Crippen LogP contribution is -2.27. The zero-order valence-corrected chi connectivity index (χ0v) is 6.98. The molecule has 0 saturated carbocycles. The molecule has 1 aliphatic rings. The van der Waals surface area contributed by atoms with E-state index >= 15 is 0 Å². The molecular formula is C9H13N3. The van der Waals surface area contributed by atoms with Crippen molar-refractivity contribution in [1.29, 1.82) is 0 Å². The average molecular weight is 163 g/mol. The summed E-state index contributed by atoms with van der Waals surface area (Å²) < 4.78 is 0. The molecule has 2 rings (SSSR count). The minimum atomic E-state index is 0.538. The summed E-state index contributed by atoms with van der Waals surface area (Å²) in [5.74, 6) is 6.21. The Morgan fingerprint density at radius 2 is 2.42 bits per heavy atom. The molecule has 1 aliphatic heterocycles. The van der Waals surface area contributed by atoms with Gasteiger partial charge in [0.1, 0.15) is 0 Å². The standard InChI is InChI=1S/C9H13N3/c10-12-6-4-8(7-12)9-3-1-2-5-11-9/h1-3,5,8H,4,6-7,10H2. The Kier molecular flexibility index (Phi) is 2.06. The van der Waals surface area contributed by atoms with Gasteiger partial charge in [-0.1, -0.05) is 6.07 Å². The van der Waals surface area contributed by atoms with Crippen LogP contribution in [0.15, 0.2) is 24.4 Å². The van der Waals surface area contributed by atoms with Crippen molar-refractivity contribution in [3.63, 3.8) is 0 Å². The summed E-state index contributed by atoms with van der Waals surface area (Å²) in [6.45, 7) is 1.93. The fourth-order valence-corrected chi connectivity index (χ4v) is 1.65. The van der Waals surface area contributed by atoms with Crippen LogP contribution in [-0.4, -0.2) is 23.1 Å². The van der Waals surface area contributed by atoms with Gasteiger partial charge in [-0.3, -0.25) is 10.8 Å². The van der Waals surface area contributed by atoms with Crippen LogP contribution in [0.25, 0.3) is 0 Å². The Morgan fingerprint density at radius 1 is 1.50 bits per heavy atom. The predicted octanol–water partition coefficient (Wildman–Crippen LogP) is 0.745. The molecule has 1 aromatic rings. The second-order valence-corrected chi connectivity index (χ2v) is 3.24. The molecule has 0 amide bonds. The van der Waals surface area contributed by atoms with Crippen molar-refractivity contribution in [2.45, 2.75) is 12.3 Å². The van der Waals surface area contributed by atoms with E-state index in [9.17, 15) is 0 Å². The van der Waals surface area contributed by atoms with E-state index in [0.717, 1.165) is 19.5 Å². The van der Waals surface area contributed by atoms with E-state index in [4.69, 9.17) is 5.84 Å². The van der Waals surface area contributed by atoms with Crippen molar-refractivity contribution in [2.24, 2.45) is 5.84 Å². The minimum absolute atomic E-state index is 0.538. The quantitative estimate of drug-likeness (QED) is 0.621. The number of hydrogen-bond acceptors (Lipinski definition) is 3. The lowest BCUT2D eigenvalue weighted by molar-refractivity contribution is 0.349. The van der Waals surface area contributed by atoms with Gasteiger partial charge in [0.2, 0.25) is 0 Å². The van der Waals surface area contributed by atoms with Gasteiger partial charge in [0, 0.05) is 30.9 Å². The lowest BCUT2D eigenvalue weighted by Gasteiger charge is -2.08. The maximum Gasteiger partial charge on any atom is 0.0448 e. The average Bonchev–Trinajstić information content (AvgIpc) is 2.54. The van der Waals surface area contributed by atoms with E-state index in [1.165, 1.54) is 5.69 Å². The maximum absolute atomic E-state index is 5.67. The van der Waals surface area contributed by atoms with E-state index in [1.54, 1.807) is 0 Å². The van der Waals surface area contributed by atoms with Crippen molar-refractivity contribution in [3.05, 3.63) is 30.1 Å². The molecule has 2 heterocycles. The maximum atomic E-state index is 5.67. The van der Waals surface area contributed by atoms with Crippen LogP contribution in [0.1, 0.15) is 18.0 Å². The third kappa shape index (κ3) is 1.47. The molecule has 1 fully saturated rings. The molecule has 0 aromatic carbocycles. The number of nitrogens with zero attached hydrogens (tertiary/aromatic N) is 2. The highest BCUT2D eigenvalue weighted by atomic mass is 15.4. The number of nitrogens with two attached hydrogens (primary N) is 1. The third-order valence-electron chi connectivity index (χ3n) is 2.33. The van der Waals surface area contributed by atoms with Gasteiger partial charge >= 0.3 is 0 Å². The first-order chi connectivity index (χ1) is 5.86. The summed E-state index contributed by atoms with van der Waals surface area (Å²) in [7, 11) is 0. The zero-order chi connectivity index (χ0) is 8.39. The number of aromatic nitrogens is 1. The van der Waals surface area contributed by atoms with Gasteiger partial charge in [0.15, 0.2) is 0 Å². The molecule has 64 valence electrons. The molecule has 1 saturated heterocycles. The summed E-state index contributed by atoms with van der Waals surface area (Å²) in [5.41, 5.74) is 1.17. The Morgan fingerprint density at radius 3 is 3.00 bits per heavy atom. The first-order valence-electron chi connectivity index (χ1n) is 4.27. The zero-order valence-electron chi connectivity index (χ0n) is 6.98. The Hall–Kier alpha value is -0.930. The van der Waals surface area contributed by atoms with Gasteiger partial charge in [-0.25, -0.2) is 5.01 Å². The van der Waals surface area contributed by atoms with Crippen LogP contribution in [0, 0.1) is 0 Å². The van der Waals surface area contributed by atoms with Gasteiger partial charge in [0.05, 0.1) is 0 Å². The number of rotatable bonds is 1. The van der Waals surface area contributed by atoms with Gasteiger partial charge in [-0.05, 0) is 18.6 Å². The van der Waals surface area contributed by atoms with E-state index in [2.05, 4.69) is 11.1 Å². The van der Waals surface area contributed by atoms with E-state index in [-0.39, 0.29) is 0 Å². The molecule has 2 N–H and O–H groups in total. The molecule has 1 unspecified atom stereocenters. The van der Waals surface area contributed by atoms with Crippen molar-refractivity contribution >= 4 is 0 Å². The molecule has 12 heavy (non-hydrogen) atoms. The molecule has 0 spiro atoms. The molecular weight excluding hydrogens is 150 g/mol. The van der Waals surface area contributed by atoms with Gasteiger partial charge in [-0.15, -0.1) is 0 Å². The summed E-state index contributed by atoms with van der Waals surface area (Å²) in [6, 6.07) is 6.05. The lowest BCUT2D eigenvalue weighted by atomic mass is 10.0. The third-order valence-corrected chi connectivity index (χ3v) is 2.33. The van der Waals surface area contributed by atoms with Crippen molar-refractivity contribution in [3.8, 4) is 0 Å². The van der Waals surface area contributed by atoms with E-state index in [0.29, 0.717) is 5.92 Å². The fourth-order valence-electron chi connectivity index (χ4n) is 1.65. The topological polar surface area (TPSA) is 42.1 Å². The van der Waals surface area contributed by atoms with Crippen LogP contribution in [0.2, 0.25) is 0 Å². The molecule has 0 bridgehead atoms. The van der Waals surface area contributed by atoms with Crippen LogP contribution in [0.3, 0.4) is 0 Å². The van der Waals surface area contributed by atoms with Crippen LogP contribution < -0.4 is 5.84 Å². The van der Waals surface area contributed by atoms with E-state index < -0.39 is 0 Å². The summed E-state index contributed by atoms with van der Waals surface area (Å²) in [6.07, 6.45) is 2.97. The van der Waals surface area contributed by atoms with Crippen LogP contribution >= 0.6 is 0 Å². The SMILES string of the molecule is NN1CCC(c2ccccn2)C1. The molecule has 0 aliphatic carbocycles. The van der Waals surface area contributed by atoms with Gasteiger partial charge in [0.25, 0.3) is 0 Å². The smallest absolute Gasteiger partial charge is 0.0448 e. The van der Waals surface area contributed by atoms with Crippen LogP contribution in [0.5, 0.6) is 0 Å². The highest BCUT2D eigenvalue weighted by Crippen LogP contribution is 2.22. The molecule has 3 nitrogen and oxygen atoms in total. The molecule has 0 radical (unpaired) electrons. The second-order valence-electron chi connectivity index (χ2n) is 3.24. The second kappa shape index (κ2) is 3.21. The normalized spacial score (nSPS) is 24.6. The Labute approximate surface area is 72.2 Å². The Bertz CT molecular complexity index is 247. The first kappa shape index (κ1) is 7.71. The summed E-state index contributed by atoms with van der Waals surface area (Å²) in [4.78, 5) is 4.31. The highest BCUT2D eigenvalue weighted by Gasteiger charge is 2.21. The van der Waals surface area contributed by atoms with Crippen LogP contribution in [-0.2, 0) is 0 Å². The van der Waals surface area contributed by atoms with Gasteiger partial charge < -0.3 is 0 Å². The van der Waals surface area contributed by atoms with Crippen molar-refractivity contribution in [2.75, 3.05) is 13.1 Å². The fraction of sp³-hybridized carbons (Fsp3) is 0.444. The molecule has 3 heteroatoms. The Balaban J connectivity index is 2.11. The van der Waals surface area contributed by atoms with E-state index in [1.807, 2.05) is 23.3 Å². The summed E-state index contributed by atoms with van der Waals surface area (Å²) in [5, 5.41) is 1.86. The summed E-state index contributed by atoms with van der Waals surface area (Å²) >= 11 is 0. The predicted molar refractivity (Wildman–Crippen MR) is 47.4 cm³/mol. The number of pyridine rings is 1. The van der Waals surface area contributed by atoms with Gasteiger partial charge in [-0.2, -0.15) is 0 Å². The van der Waals surface area contributed by atoms with Crippen molar-refractivity contribution < 1.29 is 0 Å².